The average Bonchev–Trinajstić information content (AvgIpc) is 3.19. The van der Waals surface area contributed by atoms with E-state index in [1.807, 2.05) is 18.2 Å². The van der Waals surface area contributed by atoms with Crippen molar-refractivity contribution in [3.05, 3.63) is 114 Å². The van der Waals surface area contributed by atoms with E-state index >= 15 is 0 Å². The van der Waals surface area contributed by atoms with E-state index < -0.39 is 17.9 Å². The van der Waals surface area contributed by atoms with Crippen LogP contribution in [0.15, 0.2) is 91.1 Å². The topological polar surface area (TPSA) is 127 Å². The molecule has 1 unspecified atom stereocenters. The third-order valence-electron chi connectivity index (χ3n) is 11.4. The van der Waals surface area contributed by atoms with Gasteiger partial charge in [-0.05, 0) is 66.6 Å². The number of phenols is 1. The van der Waals surface area contributed by atoms with E-state index in [-0.39, 0.29) is 35.6 Å². The minimum Gasteiger partial charge on any atom is -0.508 e. The first-order chi connectivity index (χ1) is 25.9. The van der Waals surface area contributed by atoms with Gasteiger partial charge in [0.2, 0.25) is 11.8 Å². The molecule has 4 aliphatic heterocycles. The molecule has 0 bridgehead atoms. The van der Waals surface area contributed by atoms with E-state index in [1.165, 1.54) is 16.8 Å². The molecule has 0 saturated carbocycles. The van der Waals surface area contributed by atoms with Crippen molar-refractivity contribution in [1.29, 1.82) is 0 Å². The summed E-state index contributed by atoms with van der Waals surface area (Å²) in [6.45, 7) is 7.65. The van der Waals surface area contributed by atoms with Crippen molar-refractivity contribution < 1.29 is 24.2 Å². The molecule has 0 aliphatic carbocycles. The number of piperidine rings is 2. The number of carbonyl (C=O) groups is 3. The molecule has 53 heavy (non-hydrogen) atoms. The second kappa shape index (κ2) is 15.3. The second-order valence-corrected chi connectivity index (χ2v) is 14.7. The Kier molecular flexibility index (Phi) is 9.99. The number of imide groups is 1. The zero-order chi connectivity index (χ0) is 36.3. The van der Waals surface area contributed by atoms with Crippen LogP contribution >= 0.6 is 0 Å². The number of anilines is 2. The number of nitrogens with one attached hydrogen (secondary N) is 2. The Morgan fingerprint density at radius 3 is 2.28 bits per heavy atom. The molecule has 4 aliphatic rings. The van der Waals surface area contributed by atoms with E-state index in [2.05, 4.69) is 78.8 Å². The van der Waals surface area contributed by atoms with E-state index in [0.29, 0.717) is 18.9 Å². The number of nitrogens with zero attached hydrogens (tertiary/aromatic N) is 4. The summed E-state index contributed by atoms with van der Waals surface area (Å²) in [5.41, 5.74) is 6.12. The maximum atomic E-state index is 12.7. The molecule has 3 atom stereocenters. The van der Waals surface area contributed by atoms with Crippen LogP contribution in [0.4, 0.5) is 11.4 Å². The molecule has 3 aromatic carbocycles. The van der Waals surface area contributed by atoms with Crippen molar-refractivity contribution in [2.24, 2.45) is 5.92 Å². The molecule has 3 fully saturated rings. The molecule has 3 amide bonds. The van der Waals surface area contributed by atoms with Crippen LogP contribution in [-0.2, 0) is 9.59 Å². The van der Waals surface area contributed by atoms with E-state index in [1.54, 1.807) is 24.4 Å². The van der Waals surface area contributed by atoms with Crippen LogP contribution in [0.1, 0.15) is 64.7 Å². The number of amides is 3. The first-order valence-electron chi connectivity index (χ1n) is 18.8. The van der Waals surface area contributed by atoms with Crippen molar-refractivity contribution in [3.8, 4) is 11.5 Å². The van der Waals surface area contributed by atoms with Gasteiger partial charge in [-0.25, -0.2) is 4.98 Å². The number of hydrogen-bond donors (Lipinski definition) is 3. The SMILES string of the molecule is O=C1CCC(NC(=O)c2ccc(N3CCC(CN4CCN(c5ccc([C@H]6c7ccc(O)cc7OC[C@H]6c6ccccc6)cc5)CC4)CC3)cn2)C(=O)N1. The molecule has 5 heterocycles. The maximum Gasteiger partial charge on any atom is 0.270 e. The third kappa shape index (κ3) is 7.71. The number of aromatic hydroxyl groups is 1. The van der Waals surface area contributed by atoms with Crippen LogP contribution in [0, 0.1) is 5.92 Å². The predicted molar refractivity (Wildman–Crippen MR) is 203 cm³/mol. The molecule has 11 nitrogen and oxygen atoms in total. The number of rotatable bonds is 8. The quantitative estimate of drug-likeness (QED) is 0.223. The molecular formula is C42H46N6O5. The molecule has 0 radical (unpaired) electrons. The van der Waals surface area contributed by atoms with Crippen LogP contribution in [0.2, 0.25) is 0 Å². The van der Waals surface area contributed by atoms with Crippen molar-refractivity contribution in [3.63, 3.8) is 0 Å². The summed E-state index contributed by atoms with van der Waals surface area (Å²) in [6, 6.07) is 28.1. The third-order valence-corrected chi connectivity index (χ3v) is 11.4. The Hall–Kier alpha value is -5.42. The van der Waals surface area contributed by atoms with Gasteiger partial charge in [-0.15, -0.1) is 0 Å². The van der Waals surface area contributed by atoms with Gasteiger partial charge in [0.15, 0.2) is 0 Å². The fourth-order valence-corrected chi connectivity index (χ4v) is 8.39. The lowest BCUT2D eigenvalue weighted by Crippen LogP contribution is -2.52. The van der Waals surface area contributed by atoms with Gasteiger partial charge in [0.25, 0.3) is 5.91 Å². The largest absolute Gasteiger partial charge is 0.508 e. The van der Waals surface area contributed by atoms with E-state index in [9.17, 15) is 19.5 Å². The molecule has 0 spiro atoms. The average molecular weight is 715 g/mol. The summed E-state index contributed by atoms with van der Waals surface area (Å²) in [7, 11) is 0. The van der Waals surface area contributed by atoms with Crippen LogP contribution in [0.3, 0.4) is 0 Å². The Morgan fingerprint density at radius 2 is 1.57 bits per heavy atom. The van der Waals surface area contributed by atoms with Gasteiger partial charge in [0, 0.05) is 81.4 Å². The smallest absolute Gasteiger partial charge is 0.270 e. The van der Waals surface area contributed by atoms with Gasteiger partial charge < -0.3 is 25.0 Å². The highest BCUT2D eigenvalue weighted by molar-refractivity contribution is 6.03. The minimum atomic E-state index is -0.719. The minimum absolute atomic E-state index is 0.132. The molecule has 11 heteroatoms. The summed E-state index contributed by atoms with van der Waals surface area (Å²) < 4.78 is 6.16. The Labute approximate surface area is 310 Å². The number of fused-ring (bicyclic) bond motifs is 1. The number of pyridine rings is 1. The van der Waals surface area contributed by atoms with Gasteiger partial charge in [0.05, 0.1) is 18.5 Å². The lowest BCUT2D eigenvalue weighted by Gasteiger charge is -2.40. The van der Waals surface area contributed by atoms with Gasteiger partial charge in [-0.2, -0.15) is 0 Å². The molecule has 8 rings (SSSR count). The second-order valence-electron chi connectivity index (χ2n) is 14.7. The summed E-state index contributed by atoms with van der Waals surface area (Å²) in [4.78, 5) is 47.9. The fraction of sp³-hybridized carbons (Fsp3) is 0.381. The lowest BCUT2D eigenvalue weighted by atomic mass is 9.76. The Balaban J connectivity index is 0.818. The standard InChI is InChI=1S/C42H46N6O5/c49-33-11-12-34-38(24-33)53-27-35(29-4-2-1-3-5-29)40(34)30-6-8-31(9-7-30)48-22-20-46(21-23-48)26-28-16-18-47(19-17-28)32-10-13-36(43-25-32)41(51)44-37-14-15-39(50)45-42(37)52/h1-13,24-25,28,35,37,40,49H,14-23,26-27H2,(H,44,51)(H,45,50,52)/t35-,37?,40-/m0/s1. The van der Waals surface area contributed by atoms with Crippen molar-refractivity contribution in [2.75, 3.05) is 62.2 Å². The summed E-state index contributed by atoms with van der Waals surface area (Å²) in [5, 5.41) is 15.1. The van der Waals surface area contributed by atoms with Crippen LogP contribution in [0.25, 0.3) is 0 Å². The number of ether oxygens (including phenoxy) is 1. The molecular weight excluding hydrogens is 668 g/mol. The van der Waals surface area contributed by atoms with Gasteiger partial charge >= 0.3 is 0 Å². The van der Waals surface area contributed by atoms with Gasteiger partial charge in [0.1, 0.15) is 23.2 Å². The Morgan fingerprint density at radius 1 is 0.830 bits per heavy atom. The molecule has 4 aromatic rings. The fourth-order valence-electron chi connectivity index (χ4n) is 8.39. The number of piperazine rings is 1. The van der Waals surface area contributed by atoms with Gasteiger partial charge in [-0.1, -0.05) is 48.5 Å². The number of phenolic OH excluding ortho intramolecular Hbond substituents is 1. The van der Waals surface area contributed by atoms with Crippen LogP contribution < -0.4 is 25.2 Å². The maximum absolute atomic E-state index is 12.7. The highest BCUT2D eigenvalue weighted by Gasteiger charge is 2.34. The number of carbonyl (C=O) groups excluding carboxylic acids is 3. The van der Waals surface area contributed by atoms with Crippen molar-refractivity contribution in [2.45, 2.75) is 43.6 Å². The highest BCUT2D eigenvalue weighted by Crippen LogP contribution is 2.47. The summed E-state index contributed by atoms with van der Waals surface area (Å²) in [5.74, 6) is 0.738. The van der Waals surface area contributed by atoms with E-state index in [0.717, 1.165) is 75.7 Å². The number of hydrogen-bond acceptors (Lipinski definition) is 9. The normalized spacial score (nSPS) is 22.5. The number of benzene rings is 3. The van der Waals surface area contributed by atoms with Crippen LogP contribution in [0.5, 0.6) is 11.5 Å². The van der Waals surface area contributed by atoms with E-state index in [4.69, 9.17) is 4.74 Å². The zero-order valence-electron chi connectivity index (χ0n) is 29.8. The summed E-state index contributed by atoms with van der Waals surface area (Å²) >= 11 is 0. The highest BCUT2D eigenvalue weighted by atomic mass is 16.5. The molecule has 3 N–H and O–H groups in total. The monoisotopic (exact) mass is 714 g/mol. The number of aromatic nitrogens is 1. The summed E-state index contributed by atoms with van der Waals surface area (Å²) in [6.07, 6.45) is 4.46. The molecule has 274 valence electrons. The predicted octanol–water partition coefficient (Wildman–Crippen LogP) is 4.67. The lowest BCUT2D eigenvalue weighted by molar-refractivity contribution is -0.134. The van der Waals surface area contributed by atoms with Gasteiger partial charge in [-0.3, -0.25) is 24.6 Å². The van der Waals surface area contributed by atoms with Crippen molar-refractivity contribution in [1.82, 2.24) is 20.5 Å². The van der Waals surface area contributed by atoms with Crippen LogP contribution in [-0.4, -0.2) is 91.2 Å². The Bertz CT molecular complexity index is 1920. The first kappa shape index (κ1) is 34.7. The molecule has 1 aromatic heterocycles. The molecule has 3 saturated heterocycles. The first-order valence-corrected chi connectivity index (χ1v) is 18.8. The zero-order valence-corrected chi connectivity index (χ0v) is 29.8. The van der Waals surface area contributed by atoms with Crippen molar-refractivity contribution >= 4 is 29.1 Å².